The number of hydrogen-bond donors (Lipinski definition) is 2. The van der Waals surface area contributed by atoms with Gasteiger partial charge in [-0.25, -0.2) is 8.42 Å². The standard InChI is InChI=1S/C20H42NO2.CH4O4S/c1-5-6-7-8-9-10-11-12-13-14-15-16-17-20(23)19(18-22)21(2,3)4;1-5-6(2,3)4/h16-17,19-20,22-23H,5-15,18H2,1-4H3;1H3,(H,2,3,4)/q+1;/p-1/b17-16+;/t19-,20+;/m0./s1. The van der Waals surface area contributed by atoms with Crippen molar-refractivity contribution in [3.05, 3.63) is 12.2 Å². The molecule has 2 atom stereocenters. The van der Waals surface area contributed by atoms with Gasteiger partial charge in [-0.15, -0.1) is 0 Å². The lowest BCUT2D eigenvalue weighted by molar-refractivity contribution is -0.899. The first-order valence-corrected chi connectivity index (χ1v) is 12.1. The van der Waals surface area contributed by atoms with E-state index < -0.39 is 16.5 Å². The third-order valence-corrected chi connectivity index (χ3v) is 5.25. The van der Waals surface area contributed by atoms with Gasteiger partial charge in [0.15, 0.2) is 0 Å². The van der Waals surface area contributed by atoms with Gasteiger partial charge in [0.25, 0.3) is 0 Å². The summed E-state index contributed by atoms with van der Waals surface area (Å²) in [6.45, 7) is 2.27. The van der Waals surface area contributed by atoms with E-state index in [1.807, 2.05) is 27.2 Å². The molecule has 0 radical (unpaired) electrons. The molecule has 0 aliphatic rings. The molecule has 0 aliphatic carbocycles. The van der Waals surface area contributed by atoms with Gasteiger partial charge in [0.1, 0.15) is 12.1 Å². The van der Waals surface area contributed by atoms with Crippen molar-refractivity contribution >= 4 is 10.4 Å². The van der Waals surface area contributed by atoms with Gasteiger partial charge >= 0.3 is 0 Å². The number of unbranched alkanes of at least 4 members (excludes halogenated alkanes) is 10. The lowest BCUT2D eigenvalue weighted by Crippen LogP contribution is -2.53. The van der Waals surface area contributed by atoms with Gasteiger partial charge in [0.2, 0.25) is 10.4 Å². The zero-order chi connectivity index (χ0) is 22.8. The Morgan fingerprint density at radius 2 is 1.38 bits per heavy atom. The highest BCUT2D eigenvalue weighted by atomic mass is 32.3. The van der Waals surface area contributed by atoms with E-state index >= 15 is 0 Å². The summed E-state index contributed by atoms with van der Waals surface area (Å²) in [5.41, 5.74) is 0. The highest BCUT2D eigenvalue weighted by Crippen LogP contribution is 2.12. The summed E-state index contributed by atoms with van der Waals surface area (Å²) in [6, 6.07) is -0.154. The quantitative estimate of drug-likeness (QED) is 0.126. The Morgan fingerprint density at radius 1 is 0.966 bits per heavy atom. The molecule has 8 heteroatoms. The first kappa shape index (κ1) is 30.7. The number of allylic oxidation sites excluding steroid dienone is 1. The smallest absolute Gasteiger partial charge is 0.217 e. The highest BCUT2D eigenvalue weighted by molar-refractivity contribution is 7.80. The van der Waals surface area contributed by atoms with Gasteiger partial charge in [0.05, 0.1) is 34.9 Å². The van der Waals surface area contributed by atoms with E-state index in [1.54, 1.807) is 0 Å². The first-order chi connectivity index (χ1) is 13.5. The molecule has 0 amide bonds. The van der Waals surface area contributed by atoms with Crippen LogP contribution in [0, 0.1) is 0 Å². The van der Waals surface area contributed by atoms with Crippen molar-refractivity contribution < 1.29 is 31.8 Å². The van der Waals surface area contributed by atoms with Gasteiger partial charge in [-0.1, -0.05) is 76.9 Å². The molecule has 0 fully saturated rings. The Labute approximate surface area is 179 Å². The van der Waals surface area contributed by atoms with Crippen LogP contribution in [0.5, 0.6) is 0 Å². The summed E-state index contributed by atoms with van der Waals surface area (Å²) in [5.74, 6) is 0. The maximum Gasteiger partial charge on any atom is 0.217 e. The average molecular weight is 440 g/mol. The van der Waals surface area contributed by atoms with Crippen LogP contribution in [-0.2, 0) is 14.6 Å². The zero-order valence-corrected chi connectivity index (χ0v) is 20.0. The number of quaternary nitrogens is 1. The third-order valence-electron chi connectivity index (χ3n) is 4.84. The summed E-state index contributed by atoms with van der Waals surface area (Å²) < 4.78 is 31.6. The van der Waals surface area contributed by atoms with E-state index in [0.717, 1.165) is 13.5 Å². The van der Waals surface area contributed by atoms with Crippen molar-refractivity contribution in [1.29, 1.82) is 0 Å². The summed E-state index contributed by atoms with van der Waals surface area (Å²) in [7, 11) is 2.40. The van der Waals surface area contributed by atoms with Crippen molar-refractivity contribution in [1.82, 2.24) is 0 Å². The van der Waals surface area contributed by atoms with Crippen LogP contribution in [0.2, 0.25) is 0 Å². The van der Waals surface area contributed by atoms with E-state index in [4.69, 9.17) is 0 Å². The molecule has 2 N–H and O–H groups in total. The highest BCUT2D eigenvalue weighted by Gasteiger charge is 2.28. The number of hydrogen-bond acceptors (Lipinski definition) is 6. The van der Waals surface area contributed by atoms with E-state index in [0.29, 0.717) is 4.48 Å². The fourth-order valence-electron chi connectivity index (χ4n) is 2.92. The van der Waals surface area contributed by atoms with Gasteiger partial charge in [-0.05, 0) is 12.8 Å². The minimum absolute atomic E-state index is 0.00721. The Morgan fingerprint density at radius 3 is 1.72 bits per heavy atom. The van der Waals surface area contributed by atoms with E-state index in [1.165, 1.54) is 64.2 Å². The molecule has 0 aromatic carbocycles. The molecular weight excluding hydrogens is 394 g/mol. The van der Waals surface area contributed by atoms with Gasteiger partial charge in [0, 0.05) is 0 Å². The van der Waals surface area contributed by atoms with Crippen molar-refractivity contribution in [3.8, 4) is 0 Å². The van der Waals surface area contributed by atoms with Crippen LogP contribution >= 0.6 is 0 Å². The van der Waals surface area contributed by atoms with Crippen molar-refractivity contribution in [2.75, 3.05) is 34.9 Å². The van der Waals surface area contributed by atoms with Crippen LogP contribution in [0.3, 0.4) is 0 Å². The molecular formula is C21H45NO6S. The number of rotatable bonds is 16. The molecule has 29 heavy (non-hydrogen) atoms. The van der Waals surface area contributed by atoms with Crippen LogP contribution in [-0.4, -0.2) is 74.7 Å². The molecule has 0 spiro atoms. The second kappa shape index (κ2) is 18.3. The SMILES string of the molecule is CCCCCCCCCCCC/C=C/[C@@H](O)[C@H](CO)[N+](C)(C)C.COS(=O)(=O)[O-]. The number of aliphatic hydroxyl groups excluding tert-OH is 2. The largest absolute Gasteiger partial charge is 0.726 e. The molecule has 0 saturated carbocycles. The summed E-state index contributed by atoms with van der Waals surface area (Å²) in [4.78, 5) is 0. The monoisotopic (exact) mass is 439 g/mol. The van der Waals surface area contributed by atoms with Crippen LogP contribution in [0.15, 0.2) is 12.2 Å². The second-order valence-electron chi connectivity index (χ2n) is 8.33. The van der Waals surface area contributed by atoms with Gasteiger partial charge in [-0.3, -0.25) is 4.18 Å². The first-order valence-electron chi connectivity index (χ1n) is 10.8. The minimum atomic E-state index is -4.41. The minimum Gasteiger partial charge on any atom is -0.726 e. The summed E-state index contributed by atoms with van der Waals surface area (Å²) in [5, 5.41) is 19.6. The molecule has 0 heterocycles. The van der Waals surface area contributed by atoms with Crippen molar-refractivity contribution in [2.45, 2.75) is 89.7 Å². The Kier molecular flexibility index (Phi) is 19.3. The summed E-state index contributed by atoms with van der Waals surface area (Å²) >= 11 is 0. The van der Waals surface area contributed by atoms with Crippen LogP contribution < -0.4 is 0 Å². The van der Waals surface area contributed by atoms with E-state index in [9.17, 15) is 23.2 Å². The third kappa shape index (κ3) is 22.0. The van der Waals surface area contributed by atoms with Gasteiger partial charge in [-0.2, -0.15) is 0 Å². The molecule has 0 saturated heterocycles. The predicted molar refractivity (Wildman–Crippen MR) is 117 cm³/mol. The lowest BCUT2D eigenvalue weighted by Gasteiger charge is -2.34. The number of nitrogens with zero attached hydrogens (tertiary/aromatic N) is 1. The van der Waals surface area contributed by atoms with Crippen molar-refractivity contribution in [2.24, 2.45) is 0 Å². The Balaban J connectivity index is 0. The summed E-state index contributed by atoms with van der Waals surface area (Å²) in [6.07, 6.45) is 17.9. The fraction of sp³-hybridized carbons (Fsp3) is 0.905. The lowest BCUT2D eigenvalue weighted by atomic mass is 10.0. The van der Waals surface area contributed by atoms with Gasteiger partial charge < -0.3 is 19.2 Å². The molecule has 0 unspecified atom stereocenters. The Bertz CT molecular complexity index is 488. The molecule has 0 aromatic rings. The predicted octanol–water partition coefficient (Wildman–Crippen LogP) is 3.37. The number of likely N-dealkylation sites (N-methyl/N-ethyl adjacent to an activating group) is 1. The van der Waals surface area contributed by atoms with Crippen molar-refractivity contribution in [3.63, 3.8) is 0 Å². The van der Waals surface area contributed by atoms with Crippen LogP contribution in [0.1, 0.15) is 77.6 Å². The average Bonchev–Trinajstić information content (AvgIpc) is 2.62. The molecule has 0 aromatic heterocycles. The molecule has 0 aliphatic heterocycles. The molecule has 7 nitrogen and oxygen atoms in total. The maximum atomic E-state index is 10.1. The van der Waals surface area contributed by atoms with E-state index in [-0.39, 0.29) is 12.6 Å². The fourth-order valence-corrected chi connectivity index (χ4v) is 2.92. The van der Waals surface area contributed by atoms with E-state index in [2.05, 4.69) is 17.2 Å². The molecule has 0 bridgehead atoms. The molecule has 0 rings (SSSR count). The Hall–Kier alpha value is -0.510. The normalized spacial score (nSPS) is 14.5. The number of aliphatic hydroxyl groups is 2. The maximum absolute atomic E-state index is 10.1. The second-order valence-corrected chi connectivity index (χ2v) is 9.48. The van der Waals surface area contributed by atoms with Crippen LogP contribution in [0.25, 0.3) is 0 Å². The molecule has 176 valence electrons. The topological polar surface area (TPSA) is 107 Å². The van der Waals surface area contributed by atoms with Crippen LogP contribution in [0.4, 0.5) is 0 Å². The zero-order valence-electron chi connectivity index (χ0n) is 19.2.